The quantitative estimate of drug-likeness (QED) is 0.854. The smallest absolute Gasteiger partial charge is 0.314 e. The van der Waals surface area contributed by atoms with Crippen molar-refractivity contribution < 1.29 is 24.5 Å². The third kappa shape index (κ3) is 3.66. The van der Waals surface area contributed by atoms with Crippen LogP contribution < -0.4 is 9.47 Å². The van der Waals surface area contributed by atoms with Gasteiger partial charge in [-0.25, -0.2) is 0 Å². The number of methoxy groups -OCH3 is 1. The standard InChI is InChI=1S/C16H16O5/c1-20-11-6-8-12(9-7-11)21-10-14(16(18)19)13-4-2-3-5-15(13)17/h2-9,14,17H,10H2,1H3,(H,18,19). The summed E-state index contributed by atoms with van der Waals surface area (Å²) >= 11 is 0. The van der Waals surface area contributed by atoms with E-state index in [0.29, 0.717) is 17.1 Å². The van der Waals surface area contributed by atoms with Crippen molar-refractivity contribution in [3.63, 3.8) is 0 Å². The molecule has 2 aromatic rings. The zero-order valence-corrected chi connectivity index (χ0v) is 11.5. The number of phenolic OH excluding ortho intramolecular Hbond substituents is 1. The summed E-state index contributed by atoms with van der Waals surface area (Å²) in [5.74, 6) is -0.808. The Labute approximate surface area is 122 Å². The van der Waals surface area contributed by atoms with Crippen LogP contribution in [0, 0.1) is 0 Å². The van der Waals surface area contributed by atoms with Crippen LogP contribution in [-0.4, -0.2) is 29.9 Å². The number of hydrogen-bond acceptors (Lipinski definition) is 4. The van der Waals surface area contributed by atoms with Gasteiger partial charge in [0.25, 0.3) is 0 Å². The van der Waals surface area contributed by atoms with Crippen molar-refractivity contribution >= 4 is 5.97 Å². The van der Waals surface area contributed by atoms with Gasteiger partial charge in [-0.1, -0.05) is 18.2 Å². The second-order valence-electron chi connectivity index (χ2n) is 4.44. The highest BCUT2D eigenvalue weighted by Gasteiger charge is 2.23. The summed E-state index contributed by atoms with van der Waals surface area (Å²) < 4.78 is 10.5. The Balaban J connectivity index is 2.10. The van der Waals surface area contributed by atoms with Crippen LogP contribution in [0.1, 0.15) is 11.5 Å². The number of carboxylic acid groups (broad SMARTS) is 1. The Kier molecular flexibility index (Phi) is 4.66. The maximum absolute atomic E-state index is 11.4. The highest BCUT2D eigenvalue weighted by Crippen LogP contribution is 2.27. The van der Waals surface area contributed by atoms with Crippen molar-refractivity contribution in [1.29, 1.82) is 0 Å². The lowest BCUT2D eigenvalue weighted by molar-refractivity contribution is -0.139. The number of phenols is 1. The Morgan fingerprint density at radius 2 is 1.71 bits per heavy atom. The van der Waals surface area contributed by atoms with Gasteiger partial charge in [0.05, 0.1) is 7.11 Å². The van der Waals surface area contributed by atoms with E-state index >= 15 is 0 Å². The number of carbonyl (C=O) groups is 1. The molecule has 0 radical (unpaired) electrons. The summed E-state index contributed by atoms with van der Waals surface area (Å²) in [4.78, 5) is 11.4. The molecule has 2 N–H and O–H groups in total. The van der Waals surface area contributed by atoms with Gasteiger partial charge in [0.2, 0.25) is 0 Å². The van der Waals surface area contributed by atoms with E-state index in [0.717, 1.165) is 0 Å². The van der Waals surface area contributed by atoms with E-state index in [9.17, 15) is 15.0 Å². The van der Waals surface area contributed by atoms with E-state index in [4.69, 9.17) is 9.47 Å². The van der Waals surface area contributed by atoms with Gasteiger partial charge in [0, 0.05) is 5.56 Å². The van der Waals surface area contributed by atoms with Crippen molar-refractivity contribution in [3.05, 3.63) is 54.1 Å². The number of rotatable bonds is 6. The van der Waals surface area contributed by atoms with Crippen molar-refractivity contribution in [2.24, 2.45) is 0 Å². The average Bonchev–Trinajstić information content (AvgIpc) is 2.49. The third-order valence-corrected chi connectivity index (χ3v) is 3.09. The van der Waals surface area contributed by atoms with Crippen molar-refractivity contribution in [2.75, 3.05) is 13.7 Å². The average molecular weight is 288 g/mol. The molecule has 1 unspecified atom stereocenters. The van der Waals surface area contributed by atoms with Crippen molar-refractivity contribution in [3.8, 4) is 17.2 Å². The summed E-state index contributed by atoms with van der Waals surface area (Å²) in [6.45, 7) is -0.0702. The third-order valence-electron chi connectivity index (χ3n) is 3.09. The fourth-order valence-electron chi connectivity index (χ4n) is 1.93. The summed E-state index contributed by atoms with van der Waals surface area (Å²) in [5, 5.41) is 19.1. The predicted octanol–water partition coefficient (Wildman–Crippen LogP) is 2.65. The number of hydrogen-bond donors (Lipinski definition) is 2. The van der Waals surface area contributed by atoms with Crippen LogP contribution in [0.4, 0.5) is 0 Å². The monoisotopic (exact) mass is 288 g/mol. The number of aromatic hydroxyl groups is 1. The van der Waals surface area contributed by atoms with Crippen LogP contribution in [0.15, 0.2) is 48.5 Å². The Morgan fingerprint density at radius 1 is 1.10 bits per heavy atom. The normalized spacial score (nSPS) is 11.7. The Bertz CT molecular complexity index is 606. The zero-order chi connectivity index (χ0) is 15.2. The number of carboxylic acids is 1. The first-order chi connectivity index (χ1) is 10.1. The van der Waals surface area contributed by atoms with E-state index < -0.39 is 11.9 Å². The molecule has 0 amide bonds. The van der Waals surface area contributed by atoms with Gasteiger partial charge in [-0.3, -0.25) is 4.79 Å². The van der Waals surface area contributed by atoms with Crippen LogP contribution in [0.25, 0.3) is 0 Å². The molecule has 2 rings (SSSR count). The second-order valence-corrected chi connectivity index (χ2v) is 4.44. The Hall–Kier alpha value is -2.69. The first kappa shape index (κ1) is 14.7. The molecule has 0 saturated heterocycles. The fourth-order valence-corrected chi connectivity index (χ4v) is 1.93. The molecule has 0 aliphatic rings. The number of ether oxygens (including phenoxy) is 2. The lowest BCUT2D eigenvalue weighted by atomic mass is 9.99. The summed E-state index contributed by atoms with van der Waals surface area (Å²) in [5.41, 5.74) is 0.332. The topological polar surface area (TPSA) is 76.0 Å². The highest BCUT2D eigenvalue weighted by molar-refractivity contribution is 5.77. The van der Waals surface area contributed by atoms with Crippen molar-refractivity contribution in [1.82, 2.24) is 0 Å². The Morgan fingerprint density at radius 3 is 2.29 bits per heavy atom. The molecule has 0 saturated carbocycles. The minimum atomic E-state index is -1.05. The number of aliphatic carboxylic acids is 1. The van der Waals surface area contributed by atoms with E-state index in [1.54, 1.807) is 49.6 Å². The predicted molar refractivity (Wildman–Crippen MR) is 77.0 cm³/mol. The molecule has 21 heavy (non-hydrogen) atoms. The molecule has 1 atom stereocenters. The molecule has 0 aromatic heterocycles. The molecule has 0 bridgehead atoms. The summed E-state index contributed by atoms with van der Waals surface area (Å²) in [6.07, 6.45) is 0. The lowest BCUT2D eigenvalue weighted by Gasteiger charge is -2.15. The molecule has 2 aromatic carbocycles. The molecule has 5 heteroatoms. The second kappa shape index (κ2) is 6.65. The largest absolute Gasteiger partial charge is 0.508 e. The van der Waals surface area contributed by atoms with Gasteiger partial charge in [0.15, 0.2) is 0 Å². The molecular weight excluding hydrogens is 272 g/mol. The summed E-state index contributed by atoms with van der Waals surface area (Å²) in [7, 11) is 1.56. The van der Waals surface area contributed by atoms with Gasteiger partial charge in [-0.05, 0) is 30.3 Å². The number of benzene rings is 2. The molecule has 5 nitrogen and oxygen atoms in total. The molecule has 0 aliphatic carbocycles. The molecule has 0 aliphatic heterocycles. The van der Waals surface area contributed by atoms with Gasteiger partial charge in [-0.2, -0.15) is 0 Å². The van der Waals surface area contributed by atoms with Crippen LogP contribution in [-0.2, 0) is 4.79 Å². The maximum Gasteiger partial charge on any atom is 0.314 e. The fraction of sp³-hybridized carbons (Fsp3) is 0.188. The van der Waals surface area contributed by atoms with Crippen LogP contribution >= 0.6 is 0 Å². The minimum Gasteiger partial charge on any atom is -0.508 e. The first-order valence-corrected chi connectivity index (χ1v) is 6.39. The van der Waals surface area contributed by atoms with Gasteiger partial charge in [-0.15, -0.1) is 0 Å². The maximum atomic E-state index is 11.4. The highest BCUT2D eigenvalue weighted by atomic mass is 16.5. The van der Waals surface area contributed by atoms with Gasteiger partial charge < -0.3 is 19.7 Å². The molecule has 0 heterocycles. The number of para-hydroxylation sites is 1. The minimum absolute atomic E-state index is 0.0526. The summed E-state index contributed by atoms with van der Waals surface area (Å²) in [6, 6.07) is 13.2. The van der Waals surface area contributed by atoms with Gasteiger partial charge >= 0.3 is 5.97 Å². The molecular formula is C16H16O5. The van der Waals surface area contributed by atoms with E-state index in [1.807, 2.05) is 0 Å². The van der Waals surface area contributed by atoms with Crippen molar-refractivity contribution in [2.45, 2.75) is 5.92 Å². The van der Waals surface area contributed by atoms with Crippen LogP contribution in [0.5, 0.6) is 17.2 Å². The van der Waals surface area contributed by atoms with E-state index in [-0.39, 0.29) is 12.4 Å². The first-order valence-electron chi connectivity index (χ1n) is 6.39. The van der Waals surface area contributed by atoms with E-state index in [2.05, 4.69) is 0 Å². The lowest BCUT2D eigenvalue weighted by Crippen LogP contribution is -2.19. The molecule has 110 valence electrons. The van der Waals surface area contributed by atoms with Crippen LogP contribution in [0.2, 0.25) is 0 Å². The van der Waals surface area contributed by atoms with Gasteiger partial charge in [0.1, 0.15) is 29.8 Å². The molecule has 0 spiro atoms. The molecule has 0 fully saturated rings. The SMILES string of the molecule is COc1ccc(OCC(C(=O)O)c2ccccc2O)cc1. The van der Waals surface area contributed by atoms with E-state index in [1.165, 1.54) is 6.07 Å². The zero-order valence-electron chi connectivity index (χ0n) is 11.5. The van der Waals surface area contributed by atoms with Crippen LogP contribution in [0.3, 0.4) is 0 Å².